The van der Waals surface area contributed by atoms with Crippen LogP contribution in [0.15, 0.2) is 24.8 Å². The van der Waals surface area contributed by atoms with E-state index in [9.17, 15) is 4.79 Å². The zero-order valence-electron chi connectivity index (χ0n) is 12.2. The first-order valence-electron chi connectivity index (χ1n) is 7.12. The summed E-state index contributed by atoms with van der Waals surface area (Å²) in [7, 11) is 0. The largest absolute Gasteiger partial charge is 0.340 e. The van der Waals surface area contributed by atoms with Crippen molar-refractivity contribution in [2.24, 2.45) is 0 Å². The van der Waals surface area contributed by atoms with Crippen LogP contribution in [0.5, 0.6) is 0 Å². The predicted octanol–water partition coefficient (Wildman–Crippen LogP) is 0.779. The zero-order chi connectivity index (χ0) is 14.4. The normalized spacial score (nSPS) is 16.4. The number of rotatable bonds is 6. The number of carbonyl (C=O) groups excluding carboxylic acids is 1. The molecule has 1 saturated heterocycles. The van der Waals surface area contributed by atoms with E-state index in [0.717, 1.165) is 45.7 Å². The summed E-state index contributed by atoms with van der Waals surface area (Å²) >= 11 is 0. The molecule has 1 amide bonds. The van der Waals surface area contributed by atoms with E-state index in [2.05, 4.69) is 21.6 Å². The molecule has 2 rings (SSSR count). The highest BCUT2D eigenvalue weighted by Crippen LogP contribution is 2.07. The fourth-order valence-corrected chi connectivity index (χ4v) is 2.44. The third-order valence-corrected chi connectivity index (χ3v) is 3.46. The number of hydrogen-bond acceptors (Lipinski definition) is 4. The van der Waals surface area contributed by atoms with Crippen molar-refractivity contribution < 1.29 is 4.79 Å². The Morgan fingerprint density at radius 2 is 2.05 bits per heavy atom. The number of nitrogens with zero attached hydrogens (tertiary/aromatic N) is 5. The summed E-state index contributed by atoms with van der Waals surface area (Å²) in [6.45, 7) is 11.2. The minimum absolute atomic E-state index is 0.250. The van der Waals surface area contributed by atoms with Crippen LogP contribution in [0.4, 0.5) is 0 Å². The van der Waals surface area contributed by atoms with Crippen molar-refractivity contribution in [2.75, 3.05) is 32.7 Å². The van der Waals surface area contributed by atoms with Gasteiger partial charge in [0, 0.05) is 45.7 Å². The number of carbonyl (C=O) groups is 1. The van der Waals surface area contributed by atoms with Crippen LogP contribution in [0.25, 0.3) is 0 Å². The van der Waals surface area contributed by atoms with Gasteiger partial charge in [-0.05, 0) is 13.3 Å². The predicted molar refractivity (Wildman–Crippen MR) is 77.1 cm³/mol. The molecule has 20 heavy (non-hydrogen) atoms. The minimum Gasteiger partial charge on any atom is -0.340 e. The summed E-state index contributed by atoms with van der Waals surface area (Å²) in [4.78, 5) is 20.3. The highest BCUT2D eigenvalue weighted by molar-refractivity contribution is 5.76. The molecule has 6 nitrogen and oxygen atoms in total. The Bertz CT molecular complexity index is 434. The van der Waals surface area contributed by atoms with Gasteiger partial charge in [0.1, 0.15) is 12.7 Å². The molecule has 110 valence electrons. The Kier molecular flexibility index (Phi) is 5.29. The minimum atomic E-state index is 0.250. The van der Waals surface area contributed by atoms with E-state index in [1.165, 1.54) is 11.9 Å². The van der Waals surface area contributed by atoms with Crippen LogP contribution in [-0.4, -0.2) is 63.2 Å². The van der Waals surface area contributed by atoms with E-state index in [0.29, 0.717) is 6.42 Å². The van der Waals surface area contributed by atoms with Crippen LogP contribution in [0.3, 0.4) is 0 Å². The van der Waals surface area contributed by atoms with Crippen molar-refractivity contribution in [2.45, 2.75) is 26.3 Å². The van der Waals surface area contributed by atoms with Crippen molar-refractivity contribution >= 4 is 5.91 Å². The molecule has 0 saturated carbocycles. The topological polar surface area (TPSA) is 54.3 Å². The molecular weight excluding hydrogens is 254 g/mol. The zero-order valence-corrected chi connectivity index (χ0v) is 12.2. The van der Waals surface area contributed by atoms with Gasteiger partial charge in [0.2, 0.25) is 5.91 Å². The Balaban J connectivity index is 1.65. The summed E-state index contributed by atoms with van der Waals surface area (Å²) in [5, 5.41) is 4.03. The SMILES string of the molecule is C=C(C)CN1CCN(C(=O)CCCn2cncn2)CC1. The third kappa shape index (κ3) is 4.45. The second-order valence-electron chi connectivity index (χ2n) is 5.38. The fraction of sp³-hybridized carbons (Fsp3) is 0.643. The van der Waals surface area contributed by atoms with Gasteiger partial charge < -0.3 is 4.90 Å². The molecule has 0 unspecified atom stereocenters. The maximum absolute atomic E-state index is 12.1. The van der Waals surface area contributed by atoms with Crippen LogP contribution in [0, 0.1) is 0 Å². The van der Waals surface area contributed by atoms with Crippen molar-refractivity contribution in [3.05, 3.63) is 24.8 Å². The van der Waals surface area contributed by atoms with Crippen LogP contribution < -0.4 is 0 Å². The smallest absolute Gasteiger partial charge is 0.222 e. The van der Waals surface area contributed by atoms with E-state index in [4.69, 9.17) is 0 Å². The van der Waals surface area contributed by atoms with Gasteiger partial charge in [-0.2, -0.15) is 5.10 Å². The van der Waals surface area contributed by atoms with Gasteiger partial charge in [0.25, 0.3) is 0 Å². The lowest BCUT2D eigenvalue weighted by atomic mass is 10.2. The van der Waals surface area contributed by atoms with E-state index >= 15 is 0 Å². The number of aryl methyl sites for hydroxylation is 1. The molecule has 0 spiro atoms. The lowest BCUT2D eigenvalue weighted by molar-refractivity contribution is -0.133. The first-order valence-corrected chi connectivity index (χ1v) is 7.12. The van der Waals surface area contributed by atoms with Gasteiger partial charge >= 0.3 is 0 Å². The first-order chi connectivity index (χ1) is 9.65. The molecule has 6 heteroatoms. The monoisotopic (exact) mass is 277 g/mol. The molecule has 0 radical (unpaired) electrons. The van der Waals surface area contributed by atoms with Crippen LogP contribution in [0.1, 0.15) is 19.8 Å². The molecular formula is C14H23N5O. The second kappa shape index (κ2) is 7.19. The van der Waals surface area contributed by atoms with Gasteiger partial charge in [-0.3, -0.25) is 14.4 Å². The number of amides is 1. The Morgan fingerprint density at radius 1 is 1.30 bits per heavy atom. The van der Waals surface area contributed by atoms with E-state index in [1.807, 2.05) is 11.8 Å². The van der Waals surface area contributed by atoms with Gasteiger partial charge in [-0.15, -0.1) is 0 Å². The molecule has 1 fully saturated rings. The lowest BCUT2D eigenvalue weighted by Gasteiger charge is -2.34. The highest BCUT2D eigenvalue weighted by Gasteiger charge is 2.20. The van der Waals surface area contributed by atoms with Crippen LogP contribution in [-0.2, 0) is 11.3 Å². The molecule has 2 heterocycles. The fourth-order valence-electron chi connectivity index (χ4n) is 2.44. The van der Waals surface area contributed by atoms with E-state index in [1.54, 1.807) is 11.0 Å². The van der Waals surface area contributed by atoms with Crippen molar-refractivity contribution in [3.8, 4) is 0 Å². The van der Waals surface area contributed by atoms with Crippen molar-refractivity contribution in [1.29, 1.82) is 0 Å². The van der Waals surface area contributed by atoms with Gasteiger partial charge in [-0.1, -0.05) is 12.2 Å². The number of hydrogen-bond donors (Lipinski definition) is 0. The molecule has 1 aliphatic heterocycles. The molecule has 0 atom stereocenters. The van der Waals surface area contributed by atoms with Crippen LogP contribution >= 0.6 is 0 Å². The average Bonchev–Trinajstić information content (AvgIpc) is 2.92. The Morgan fingerprint density at radius 3 is 2.65 bits per heavy atom. The molecule has 0 aliphatic carbocycles. The number of aromatic nitrogens is 3. The standard InChI is InChI=1S/C14H23N5O/c1-13(2)10-17-6-8-18(9-7-17)14(20)4-3-5-19-12-15-11-16-19/h11-12H,1,3-10H2,2H3. The third-order valence-electron chi connectivity index (χ3n) is 3.46. The van der Waals surface area contributed by atoms with E-state index in [-0.39, 0.29) is 5.91 Å². The van der Waals surface area contributed by atoms with Crippen molar-refractivity contribution in [3.63, 3.8) is 0 Å². The highest BCUT2D eigenvalue weighted by atomic mass is 16.2. The van der Waals surface area contributed by atoms with Crippen LogP contribution in [0.2, 0.25) is 0 Å². The number of piperazine rings is 1. The molecule has 0 N–H and O–H groups in total. The first kappa shape index (κ1) is 14.7. The molecule has 1 aliphatic rings. The Hall–Kier alpha value is -1.69. The summed E-state index contributed by atoms with van der Waals surface area (Å²) in [6, 6.07) is 0. The summed E-state index contributed by atoms with van der Waals surface area (Å²) in [5.74, 6) is 0.250. The molecule has 1 aromatic heterocycles. The van der Waals surface area contributed by atoms with Gasteiger partial charge in [-0.25, -0.2) is 4.98 Å². The maximum Gasteiger partial charge on any atom is 0.222 e. The van der Waals surface area contributed by atoms with E-state index < -0.39 is 0 Å². The second-order valence-corrected chi connectivity index (χ2v) is 5.38. The molecule has 0 aromatic carbocycles. The van der Waals surface area contributed by atoms with Crippen molar-refractivity contribution in [1.82, 2.24) is 24.6 Å². The summed E-state index contributed by atoms with van der Waals surface area (Å²) < 4.78 is 1.76. The van der Waals surface area contributed by atoms with Gasteiger partial charge in [0.05, 0.1) is 0 Å². The summed E-state index contributed by atoms with van der Waals surface area (Å²) in [5.41, 5.74) is 1.18. The quantitative estimate of drug-likeness (QED) is 0.721. The average molecular weight is 277 g/mol. The van der Waals surface area contributed by atoms with Gasteiger partial charge in [0.15, 0.2) is 0 Å². The summed E-state index contributed by atoms with van der Waals surface area (Å²) in [6.07, 6.45) is 4.60. The molecule has 1 aromatic rings. The Labute approximate surface area is 120 Å². The lowest BCUT2D eigenvalue weighted by Crippen LogP contribution is -2.48. The maximum atomic E-state index is 12.1. The molecule has 0 bridgehead atoms.